The molecule has 3 N–H and O–H groups in total. The third kappa shape index (κ3) is 2.43. The second-order valence-corrected chi connectivity index (χ2v) is 5.01. The lowest BCUT2D eigenvalue weighted by Crippen LogP contribution is -2.37. The van der Waals surface area contributed by atoms with Gasteiger partial charge in [0, 0.05) is 17.3 Å². The molecule has 0 aromatic carbocycles. The van der Waals surface area contributed by atoms with Gasteiger partial charge in [-0.05, 0) is 26.7 Å². The molecule has 0 radical (unpaired) electrons. The van der Waals surface area contributed by atoms with Crippen molar-refractivity contribution in [2.75, 3.05) is 11.1 Å². The van der Waals surface area contributed by atoms with Gasteiger partial charge < -0.3 is 11.1 Å². The van der Waals surface area contributed by atoms with Gasteiger partial charge in [-0.25, -0.2) is 4.98 Å². The van der Waals surface area contributed by atoms with Crippen molar-refractivity contribution in [2.45, 2.75) is 51.5 Å². The van der Waals surface area contributed by atoms with E-state index in [0.717, 1.165) is 11.4 Å². The quantitative estimate of drug-likeness (QED) is 0.803. The number of hydrogen-bond donors (Lipinski definition) is 2. The van der Waals surface area contributed by atoms with E-state index >= 15 is 0 Å². The molecule has 88 valence electrons. The van der Waals surface area contributed by atoms with E-state index in [4.69, 9.17) is 5.73 Å². The van der Waals surface area contributed by atoms with Crippen LogP contribution in [-0.4, -0.2) is 15.5 Å². The van der Waals surface area contributed by atoms with Crippen LogP contribution in [0.4, 0.5) is 11.8 Å². The summed E-state index contributed by atoms with van der Waals surface area (Å²) >= 11 is 0. The Balaban J connectivity index is 2.15. The minimum Gasteiger partial charge on any atom is -0.368 e. The van der Waals surface area contributed by atoms with Crippen LogP contribution in [0.1, 0.15) is 44.6 Å². The molecule has 2 rings (SSSR count). The first-order valence-corrected chi connectivity index (χ1v) is 5.96. The molecule has 1 aliphatic carbocycles. The Morgan fingerprint density at radius 1 is 1.31 bits per heavy atom. The molecule has 16 heavy (non-hydrogen) atoms. The fourth-order valence-corrected chi connectivity index (χ4v) is 2.33. The van der Waals surface area contributed by atoms with Gasteiger partial charge in [0.05, 0.1) is 0 Å². The van der Waals surface area contributed by atoms with Gasteiger partial charge in [-0.2, -0.15) is 4.98 Å². The first kappa shape index (κ1) is 11.2. The molecule has 1 aromatic rings. The van der Waals surface area contributed by atoms with Gasteiger partial charge in [0.1, 0.15) is 5.82 Å². The number of aryl methyl sites for hydroxylation is 1. The van der Waals surface area contributed by atoms with Crippen molar-refractivity contribution in [1.29, 1.82) is 0 Å². The maximum atomic E-state index is 5.61. The first-order chi connectivity index (χ1) is 7.59. The molecule has 4 nitrogen and oxygen atoms in total. The second kappa shape index (κ2) is 4.28. The number of anilines is 2. The molecular formula is C12H20N4. The molecule has 1 saturated carbocycles. The predicted molar refractivity (Wildman–Crippen MR) is 66.3 cm³/mol. The van der Waals surface area contributed by atoms with Crippen LogP contribution in [0.3, 0.4) is 0 Å². The van der Waals surface area contributed by atoms with Crippen molar-refractivity contribution in [3.05, 3.63) is 11.8 Å². The van der Waals surface area contributed by atoms with Crippen LogP contribution in [-0.2, 0) is 0 Å². The average Bonchev–Trinajstić information content (AvgIpc) is 2.24. The number of nitrogen functional groups attached to an aromatic ring is 1. The number of rotatable bonds is 2. The smallest absolute Gasteiger partial charge is 0.221 e. The highest BCUT2D eigenvalue weighted by molar-refractivity contribution is 5.47. The fourth-order valence-electron chi connectivity index (χ4n) is 2.33. The molecule has 1 aliphatic rings. The van der Waals surface area contributed by atoms with Gasteiger partial charge >= 0.3 is 0 Å². The molecule has 0 aliphatic heterocycles. The van der Waals surface area contributed by atoms with Crippen LogP contribution >= 0.6 is 0 Å². The minimum absolute atomic E-state index is 0.170. The first-order valence-electron chi connectivity index (χ1n) is 5.96. The molecule has 0 atom stereocenters. The van der Waals surface area contributed by atoms with Crippen molar-refractivity contribution >= 4 is 11.8 Å². The van der Waals surface area contributed by atoms with Gasteiger partial charge in [0.15, 0.2) is 0 Å². The molecule has 4 heteroatoms. The third-order valence-electron chi connectivity index (χ3n) is 3.37. The van der Waals surface area contributed by atoms with Crippen LogP contribution < -0.4 is 11.1 Å². The zero-order chi connectivity index (χ0) is 11.6. The van der Waals surface area contributed by atoms with E-state index in [2.05, 4.69) is 22.2 Å². The Morgan fingerprint density at radius 3 is 2.69 bits per heavy atom. The zero-order valence-corrected chi connectivity index (χ0v) is 10.1. The van der Waals surface area contributed by atoms with E-state index in [-0.39, 0.29) is 5.54 Å². The molecule has 0 amide bonds. The van der Waals surface area contributed by atoms with E-state index in [1.54, 1.807) is 6.20 Å². The van der Waals surface area contributed by atoms with Gasteiger partial charge in [-0.15, -0.1) is 0 Å². The lowest BCUT2D eigenvalue weighted by atomic mass is 9.83. The monoisotopic (exact) mass is 220 g/mol. The topological polar surface area (TPSA) is 63.8 Å². The van der Waals surface area contributed by atoms with Crippen LogP contribution in [0.15, 0.2) is 6.20 Å². The lowest BCUT2D eigenvalue weighted by molar-refractivity contribution is 0.348. The molecule has 0 unspecified atom stereocenters. The SMILES string of the molecule is Cc1cnc(N)nc1NC1(C)CCCCC1. The number of hydrogen-bond acceptors (Lipinski definition) is 4. The molecule has 1 aromatic heterocycles. The van der Waals surface area contributed by atoms with Crippen LogP contribution in [0.25, 0.3) is 0 Å². The molecule has 0 spiro atoms. The maximum absolute atomic E-state index is 5.61. The van der Waals surface area contributed by atoms with E-state index in [1.165, 1.54) is 32.1 Å². The maximum Gasteiger partial charge on any atom is 0.221 e. The van der Waals surface area contributed by atoms with E-state index in [0.29, 0.717) is 5.95 Å². The Bertz CT molecular complexity index is 369. The highest BCUT2D eigenvalue weighted by Gasteiger charge is 2.27. The van der Waals surface area contributed by atoms with Gasteiger partial charge in [0.25, 0.3) is 0 Å². The second-order valence-electron chi connectivity index (χ2n) is 5.01. The highest BCUT2D eigenvalue weighted by Crippen LogP contribution is 2.31. The van der Waals surface area contributed by atoms with Crippen molar-refractivity contribution in [3.63, 3.8) is 0 Å². The number of nitrogens with zero attached hydrogens (tertiary/aromatic N) is 2. The third-order valence-corrected chi connectivity index (χ3v) is 3.37. The summed E-state index contributed by atoms with van der Waals surface area (Å²) in [5, 5.41) is 3.54. The standard InChI is InChI=1S/C12H20N4/c1-9-8-14-11(13)15-10(9)16-12(2)6-4-3-5-7-12/h8H,3-7H2,1-2H3,(H3,13,14,15,16). The Morgan fingerprint density at radius 2 is 2.00 bits per heavy atom. The number of nitrogens with two attached hydrogens (primary N) is 1. The lowest BCUT2D eigenvalue weighted by Gasteiger charge is -2.35. The van der Waals surface area contributed by atoms with Crippen LogP contribution in [0.2, 0.25) is 0 Å². The van der Waals surface area contributed by atoms with E-state index in [1.807, 2.05) is 6.92 Å². The molecule has 0 saturated heterocycles. The van der Waals surface area contributed by atoms with Gasteiger partial charge in [-0.3, -0.25) is 0 Å². The Labute approximate surface area is 96.7 Å². The fraction of sp³-hybridized carbons (Fsp3) is 0.667. The number of aromatic nitrogens is 2. The van der Waals surface area contributed by atoms with Crippen LogP contribution in [0.5, 0.6) is 0 Å². The molecule has 1 heterocycles. The zero-order valence-electron chi connectivity index (χ0n) is 10.1. The van der Waals surface area contributed by atoms with Gasteiger partial charge in [-0.1, -0.05) is 19.3 Å². The predicted octanol–water partition coefficient (Wildman–Crippen LogP) is 2.50. The summed E-state index contributed by atoms with van der Waals surface area (Å²) in [6.07, 6.45) is 8.12. The van der Waals surface area contributed by atoms with Gasteiger partial charge in [0.2, 0.25) is 5.95 Å². The molecular weight excluding hydrogens is 200 g/mol. The summed E-state index contributed by atoms with van der Waals surface area (Å²) in [6, 6.07) is 0. The summed E-state index contributed by atoms with van der Waals surface area (Å²) in [5.74, 6) is 1.23. The summed E-state index contributed by atoms with van der Waals surface area (Å²) < 4.78 is 0. The van der Waals surface area contributed by atoms with Crippen molar-refractivity contribution < 1.29 is 0 Å². The average molecular weight is 220 g/mol. The Hall–Kier alpha value is -1.32. The van der Waals surface area contributed by atoms with E-state index in [9.17, 15) is 0 Å². The summed E-state index contributed by atoms with van der Waals surface area (Å²) in [6.45, 7) is 4.28. The Kier molecular flexibility index (Phi) is 2.99. The number of nitrogens with one attached hydrogen (secondary N) is 1. The molecule has 1 fully saturated rings. The largest absolute Gasteiger partial charge is 0.368 e. The minimum atomic E-state index is 0.170. The highest BCUT2D eigenvalue weighted by atomic mass is 15.1. The van der Waals surface area contributed by atoms with Crippen molar-refractivity contribution in [2.24, 2.45) is 0 Å². The van der Waals surface area contributed by atoms with E-state index < -0.39 is 0 Å². The summed E-state index contributed by atoms with van der Waals surface area (Å²) in [7, 11) is 0. The normalized spacial score (nSPS) is 19.4. The van der Waals surface area contributed by atoms with Crippen molar-refractivity contribution in [1.82, 2.24) is 9.97 Å². The van der Waals surface area contributed by atoms with Crippen molar-refractivity contribution in [3.8, 4) is 0 Å². The summed E-state index contributed by atoms with van der Waals surface area (Å²) in [4.78, 5) is 8.25. The summed E-state index contributed by atoms with van der Waals surface area (Å²) in [5.41, 5.74) is 6.84. The molecule has 0 bridgehead atoms. The van der Waals surface area contributed by atoms with Crippen LogP contribution in [0, 0.1) is 6.92 Å².